The maximum absolute atomic E-state index is 11.0. The lowest BCUT2D eigenvalue weighted by molar-refractivity contribution is -0.123. The van der Waals surface area contributed by atoms with E-state index in [-0.39, 0.29) is 5.41 Å². The van der Waals surface area contributed by atoms with E-state index in [0.717, 1.165) is 12.0 Å². The summed E-state index contributed by atoms with van der Waals surface area (Å²) in [5.41, 5.74) is 0.868. The number of Topliss-reactive ketones (excluding diaryl/α,β-unsaturated/α-hetero) is 1. The van der Waals surface area contributed by atoms with Crippen molar-refractivity contribution in [2.75, 3.05) is 0 Å². The number of carbonyl (C=O) groups is 1. The van der Waals surface area contributed by atoms with E-state index in [0.29, 0.717) is 12.2 Å². The molecule has 0 spiro atoms. The van der Waals surface area contributed by atoms with Crippen LogP contribution in [0, 0.1) is 5.41 Å². The van der Waals surface area contributed by atoms with Crippen LogP contribution in [0.3, 0.4) is 0 Å². The molecule has 1 aliphatic carbocycles. The van der Waals surface area contributed by atoms with Gasteiger partial charge < -0.3 is 0 Å². The average molecular weight is 124 g/mol. The minimum absolute atomic E-state index is 0.222. The largest absolute Gasteiger partial charge is 0.299 e. The molecule has 0 aromatic rings. The number of hydrogen-bond donors (Lipinski definition) is 0. The second kappa shape index (κ2) is 1.69. The summed E-state index contributed by atoms with van der Waals surface area (Å²) in [6.07, 6.45) is 1.59. The number of hydrogen-bond acceptors (Lipinski definition) is 1. The summed E-state index contributed by atoms with van der Waals surface area (Å²) in [4.78, 5) is 11.0. The third-order valence-electron chi connectivity index (χ3n) is 2.23. The summed E-state index contributed by atoms with van der Waals surface area (Å²) < 4.78 is 0. The molecule has 1 heteroatoms. The Bertz CT molecular complexity index is 147. The Balaban J connectivity index is 2.91. The van der Waals surface area contributed by atoms with Crippen molar-refractivity contribution in [1.82, 2.24) is 0 Å². The molecule has 0 aliphatic heterocycles. The molecule has 0 amide bonds. The smallest absolute Gasteiger partial charge is 0.142 e. The minimum atomic E-state index is -0.222. The van der Waals surface area contributed by atoms with Crippen LogP contribution in [0.2, 0.25) is 0 Å². The molecule has 0 unspecified atom stereocenters. The van der Waals surface area contributed by atoms with Gasteiger partial charge in [-0.15, -0.1) is 0 Å². The summed E-state index contributed by atoms with van der Waals surface area (Å²) >= 11 is 0. The molecule has 1 aliphatic rings. The van der Waals surface area contributed by atoms with Crippen molar-refractivity contribution >= 4 is 5.78 Å². The first-order valence-corrected chi connectivity index (χ1v) is 3.26. The second-order valence-corrected chi connectivity index (χ2v) is 3.15. The summed E-state index contributed by atoms with van der Waals surface area (Å²) in [7, 11) is 0. The Labute approximate surface area is 55.8 Å². The Morgan fingerprint density at radius 2 is 2.00 bits per heavy atom. The van der Waals surface area contributed by atoms with Gasteiger partial charge in [0.1, 0.15) is 5.78 Å². The van der Waals surface area contributed by atoms with Gasteiger partial charge in [-0.05, 0) is 20.3 Å². The summed E-state index contributed by atoms with van der Waals surface area (Å²) in [5.74, 6) is 0.340. The van der Waals surface area contributed by atoms with Crippen LogP contribution in [-0.4, -0.2) is 5.78 Å². The first-order chi connectivity index (χ1) is 4.05. The van der Waals surface area contributed by atoms with Gasteiger partial charge in [0.05, 0.1) is 0 Å². The highest BCUT2D eigenvalue weighted by Crippen LogP contribution is 2.37. The van der Waals surface area contributed by atoms with Gasteiger partial charge in [-0.25, -0.2) is 0 Å². The Morgan fingerprint density at radius 1 is 1.44 bits per heavy atom. The second-order valence-electron chi connectivity index (χ2n) is 3.15. The topological polar surface area (TPSA) is 17.1 Å². The molecule has 50 valence electrons. The predicted octanol–water partition coefficient (Wildman–Crippen LogP) is 1.93. The molecule has 0 aromatic heterocycles. The first-order valence-electron chi connectivity index (χ1n) is 3.26. The van der Waals surface area contributed by atoms with Crippen molar-refractivity contribution in [1.29, 1.82) is 0 Å². The highest BCUT2D eigenvalue weighted by atomic mass is 16.1. The van der Waals surface area contributed by atoms with E-state index in [1.54, 1.807) is 0 Å². The lowest BCUT2D eigenvalue weighted by Gasteiger charge is -2.15. The molecule has 0 bridgehead atoms. The van der Waals surface area contributed by atoms with Gasteiger partial charge in [-0.3, -0.25) is 4.79 Å². The van der Waals surface area contributed by atoms with Crippen LogP contribution in [0.15, 0.2) is 12.2 Å². The van der Waals surface area contributed by atoms with Crippen molar-refractivity contribution in [2.45, 2.75) is 26.7 Å². The SMILES string of the molecule is C=C1CCC(=O)C1(C)C. The summed E-state index contributed by atoms with van der Waals surface area (Å²) in [6.45, 7) is 7.73. The predicted molar refractivity (Wildman–Crippen MR) is 37.2 cm³/mol. The molecule has 0 saturated heterocycles. The van der Waals surface area contributed by atoms with E-state index >= 15 is 0 Å². The van der Waals surface area contributed by atoms with Gasteiger partial charge in [0, 0.05) is 11.8 Å². The number of ketones is 1. The maximum Gasteiger partial charge on any atom is 0.142 e. The molecular formula is C8H12O. The van der Waals surface area contributed by atoms with Gasteiger partial charge in [-0.2, -0.15) is 0 Å². The zero-order chi connectivity index (χ0) is 7.07. The molecule has 1 saturated carbocycles. The normalized spacial score (nSPS) is 25.1. The zero-order valence-corrected chi connectivity index (χ0v) is 6.03. The van der Waals surface area contributed by atoms with Gasteiger partial charge in [0.15, 0.2) is 0 Å². The van der Waals surface area contributed by atoms with Crippen molar-refractivity contribution in [2.24, 2.45) is 5.41 Å². The molecule has 0 N–H and O–H groups in total. The number of rotatable bonds is 0. The van der Waals surface area contributed by atoms with Crippen LogP contribution in [0.5, 0.6) is 0 Å². The Hall–Kier alpha value is -0.590. The first kappa shape index (κ1) is 6.53. The van der Waals surface area contributed by atoms with Crippen LogP contribution in [-0.2, 0) is 4.79 Å². The number of allylic oxidation sites excluding steroid dienone is 1. The lowest BCUT2D eigenvalue weighted by atomic mass is 9.87. The Kier molecular flexibility index (Phi) is 1.23. The van der Waals surface area contributed by atoms with Crippen LogP contribution in [0.25, 0.3) is 0 Å². The van der Waals surface area contributed by atoms with E-state index in [9.17, 15) is 4.79 Å². The van der Waals surface area contributed by atoms with Crippen molar-refractivity contribution in [3.63, 3.8) is 0 Å². The van der Waals surface area contributed by atoms with E-state index in [4.69, 9.17) is 0 Å². The lowest BCUT2D eigenvalue weighted by Crippen LogP contribution is -2.17. The van der Waals surface area contributed by atoms with E-state index in [2.05, 4.69) is 6.58 Å². The Morgan fingerprint density at radius 3 is 2.11 bits per heavy atom. The third-order valence-corrected chi connectivity index (χ3v) is 2.23. The zero-order valence-electron chi connectivity index (χ0n) is 6.03. The fourth-order valence-corrected chi connectivity index (χ4v) is 1.09. The van der Waals surface area contributed by atoms with Crippen LogP contribution < -0.4 is 0 Å². The molecular weight excluding hydrogens is 112 g/mol. The molecule has 1 nitrogen and oxygen atoms in total. The van der Waals surface area contributed by atoms with Gasteiger partial charge >= 0.3 is 0 Å². The highest BCUT2D eigenvalue weighted by Gasteiger charge is 2.35. The quantitative estimate of drug-likeness (QED) is 0.451. The fourth-order valence-electron chi connectivity index (χ4n) is 1.09. The van der Waals surface area contributed by atoms with Crippen molar-refractivity contribution < 1.29 is 4.79 Å². The molecule has 0 aromatic carbocycles. The molecule has 1 fully saturated rings. The van der Waals surface area contributed by atoms with Crippen molar-refractivity contribution in [3.05, 3.63) is 12.2 Å². The minimum Gasteiger partial charge on any atom is -0.299 e. The maximum atomic E-state index is 11.0. The summed E-state index contributed by atoms with van der Waals surface area (Å²) in [6, 6.07) is 0. The standard InChI is InChI=1S/C8H12O/c1-6-4-5-7(9)8(6,2)3/h1,4-5H2,2-3H3. The van der Waals surface area contributed by atoms with Gasteiger partial charge in [-0.1, -0.05) is 12.2 Å². The van der Waals surface area contributed by atoms with Crippen molar-refractivity contribution in [3.8, 4) is 0 Å². The molecule has 0 heterocycles. The monoisotopic (exact) mass is 124 g/mol. The summed E-state index contributed by atoms with van der Waals surface area (Å²) in [5, 5.41) is 0. The third kappa shape index (κ3) is 0.805. The fraction of sp³-hybridized carbons (Fsp3) is 0.625. The molecule has 1 rings (SSSR count). The van der Waals surface area contributed by atoms with E-state index < -0.39 is 0 Å². The highest BCUT2D eigenvalue weighted by molar-refractivity contribution is 5.90. The van der Waals surface area contributed by atoms with Crippen LogP contribution in [0.1, 0.15) is 26.7 Å². The van der Waals surface area contributed by atoms with Crippen LogP contribution in [0.4, 0.5) is 0 Å². The molecule has 0 radical (unpaired) electrons. The molecule has 0 atom stereocenters. The number of carbonyl (C=O) groups excluding carboxylic acids is 1. The van der Waals surface area contributed by atoms with Crippen LogP contribution >= 0.6 is 0 Å². The van der Waals surface area contributed by atoms with E-state index in [1.807, 2.05) is 13.8 Å². The average Bonchev–Trinajstić information content (AvgIpc) is 1.96. The molecule has 9 heavy (non-hydrogen) atoms. The van der Waals surface area contributed by atoms with Gasteiger partial charge in [0.25, 0.3) is 0 Å². The van der Waals surface area contributed by atoms with Gasteiger partial charge in [0.2, 0.25) is 0 Å². The van der Waals surface area contributed by atoms with E-state index in [1.165, 1.54) is 0 Å².